The largest absolute Gasteiger partial charge is 0.480 e. The molecule has 5 nitrogen and oxygen atoms in total. The second kappa shape index (κ2) is 3.78. The Labute approximate surface area is 86.5 Å². The molecule has 80 valence electrons. The highest BCUT2D eigenvalue weighted by molar-refractivity contribution is 5.76. The van der Waals surface area contributed by atoms with Crippen molar-refractivity contribution in [1.82, 2.24) is 0 Å². The first-order chi connectivity index (χ1) is 7.16. The van der Waals surface area contributed by atoms with Crippen LogP contribution in [0.1, 0.15) is 12.5 Å². The summed E-state index contributed by atoms with van der Waals surface area (Å²) in [5, 5.41) is 11.6. The second-order valence-electron chi connectivity index (χ2n) is 3.37. The molecule has 0 saturated carbocycles. The van der Waals surface area contributed by atoms with Crippen molar-refractivity contribution < 1.29 is 19.7 Å². The van der Waals surface area contributed by atoms with Crippen LogP contribution in [-0.4, -0.2) is 17.1 Å². The molecule has 0 saturated heterocycles. The number of hydrogen-bond acceptors (Lipinski definition) is 4. The van der Waals surface area contributed by atoms with E-state index in [2.05, 4.69) is 5.32 Å². The average molecular weight is 209 g/mol. The third-order valence-corrected chi connectivity index (χ3v) is 2.18. The molecule has 1 atom stereocenters. The standard InChI is InChI=1S/C10H11NO4/c1-6(10(12)13)11-8-2-3-9-7(4-8)5-14-15-9/h2-4,6,11H,5H2,1H3,(H,12,13)/t6-/m0/s1. The van der Waals surface area contributed by atoms with Crippen LogP contribution in [0.25, 0.3) is 0 Å². The first-order valence-corrected chi connectivity index (χ1v) is 4.58. The Hall–Kier alpha value is -1.75. The fraction of sp³-hybridized carbons (Fsp3) is 0.300. The van der Waals surface area contributed by atoms with E-state index in [9.17, 15) is 4.79 Å². The van der Waals surface area contributed by atoms with Gasteiger partial charge in [0.05, 0.1) is 0 Å². The molecule has 0 aliphatic carbocycles. The zero-order valence-corrected chi connectivity index (χ0v) is 8.19. The summed E-state index contributed by atoms with van der Waals surface area (Å²) in [7, 11) is 0. The van der Waals surface area contributed by atoms with E-state index in [0.29, 0.717) is 12.4 Å². The fourth-order valence-electron chi connectivity index (χ4n) is 1.33. The number of rotatable bonds is 3. The Morgan fingerprint density at radius 2 is 2.40 bits per heavy atom. The predicted octanol–water partition coefficient (Wildman–Crippen LogP) is 1.40. The highest BCUT2D eigenvalue weighted by Crippen LogP contribution is 2.28. The molecule has 0 fully saturated rings. The Balaban J connectivity index is 2.13. The van der Waals surface area contributed by atoms with E-state index < -0.39 is 12.0 Å². The minimum absolute atomic E-state index is 0.395. The number of carboxylic acids is 1. The van der Waals surface area contributed by atoms with Gasteiger partial charge in [-0.15, -0.1) is 0 Å². The van der Waals surface area contributed by atoms with Crippen LogP contribution in [0.3, 0.4) is 0 Å². The van der Waals surface area contributed by atoms with Gasteiger partial charge in [0.2, 0.25) is 0 Å². The summed E-state index contributed by atoms with van der Waals surface area (Å²) in [6.07, 6.45) is 0. The normalized spacial score (nSPS) is 15.3. The topological polar surface area (TPSA) is 67.8 Å². The highest BCUT2D eigenvalue weighted by atomic mass is 17.2. The molecule has 5 heteroatoms. The van der Waals surface area contributed by atoms with Gasteiger partial charge < -0.3 is 15.3 Å². The lowest BCUT2D eigenvalue weighted by Gasteiger charge is -2.10. The monoisotopic (exact) mass is 209 g/mol. The molecule has 0 aromatic heterocycles. The van der Waals surface area contributed by atoms with Gasteiger partial charge in [0.1, 0.15) is 12.6 Å². The van der Waals surface area contributed by atoms with Gasteiger partial charge in [-0.05, 0) is 25.1 Å². The molecule has 2 rings (SSSR count). The van der Waals surface area contributed by atoms with Gasteiger partial charge in [-0.2, -0.15) is 4.89 Å². The smallest absolute Gasteiger partial charge is 0.325 e. The first-order valence-electron chi connectivity index (χ1n) is 4.58. The molecule has 0 unspecified atom stereocenters. The van der Waals surface area contributed by atoms with Crippen molar-refractivity contribution in [1.29, 1.82) is 0 Å². The van der Waals surface area contributed by atoms with Crippen LogP contribution in [0.2, 0.25) is 0 Å². The van der Waals surface area contributed by atoms with Crippen molar-refractivity contribution in [2.45, 2.75) is 19.6 Å². The van der Waals surface area contributed by atoms with Gasteiger partial charge in [-0.25, -0.2) is 0 Å². The summed E-state index contributed by atoms with van der Waals surface area (Å²) in [5.74, 6) is -0.202. The highest BCUT2D eigenvalue weighted by Gasteiger charge is 2.15. The number of fused-ring (bicyclic) bond motifs is 1. The van der Waals surface area contributed by atoms with E-state index in [1.807, 2.05) is 6.07 Å². The van der Waals surface area contributed by atoms with Crippen LogP contribution in [0, 0.1) is 0 Å². The molecular formula is C10H11NO4. The molecule has 1 heterocycles. The minimum atomic E-state index is -0.886. The Bertz CT molecular complexity index is 391. The predicted molar refractivity (Wildman–Crippen MR) is 52.6 cm³/mol. The first kappa shape index (κ1) is 9.79. The Morgan fingerprint density at radius 1 is 1.60 bits per heavy atom. The summed E-state index contributed by atoms with van der Waals surface area (Å²) in [6, 6.07) is 4.71. The number of anilines is 1. The number of carboxylic acid groups (broad SMARTS) is 1. The third kappa shape index (κ3) is 2.02. The maximum atomic E-state index is 10.6. The Kier molecular flexibility index (Phi) is 2.47. The van der Waals surface area contributed by atoms with Gasteiger partial charge >= 0.3 is 5.97 Å². The van der Waals surface area contributed by atoms with Crippen LogP contribution in [0.4, 0.5) is 5.69 Å². The van der Waals surface area contributed by atoms with Crippen LogP contribution in [0.15, 0.2) is 18.2 Å². The zero-order chi connectivity index (χ0) is 10.8. The molecule has 1 aromatic carbocycles. The van der Waals surface area contributed by atoms with E-state index in [0.717, 1.165) is 11.3 Å². The molecule has 0 spiro atoms. The number of aliphatic carboxylic acids is 1. The fourth-order valence-corrected chi connectivity index (χ4v) is 1.33. The van der Waals surface area contributed by atoms with E-state index in [1.165, 1.54) is 0 Å². The van der Waals surface area contributed by atoms with Crippen LogP contribution in [-0.2, 0) is 16.3 Å². The maximum absolute atomic E-state index is 10.6. The summed E-state index contributed by atoms with van der Waals surface area (Å²) in [5.41, 5.74) is 1.66. The van der Waals surface area contributed by atoms with E-state index in [4.69, 9.17) is 14.9 Å². The number of nitrogens with one attached hydrogen (secondary N) is 1. The average Bonchev–Trinajstić information content (AvgIpc) is 2.64. The molecule has 2 N–H and O–H groups in total. The van der Waals surface area contributed by atoms with Gasteiger partial charge in [0, 0.05) is 11.3 Å². The van der Waals surface area contributed by atoms with Crippen LogP contribution >= 0.6 is 0 Å². The SMILES string of the molecule is C[C@H](Nc1ccc2c(c1)COO2)C(=O)O. The molecule has 0 amide bonds. The maximum Gasteiger partial charge on any atom is 0.325 e. The van der Waals surface area contributed by atoms with E-state index in [1.54, 1.807) is 19.1 Å². The number of carbonyl (C=O) groups is 1. The summed E-state index contributed by atoms with van der Waals surface area (Å²) in [4.78, 5) is 20.3. The lowest BCUT2D eigenvalue weighted by molar-refractivity contribution is -0.194. The van der Waals surface area contributed by atoms with E-state index in [-0.39, 0.29) is 0 Å². The van der Waals surface area contributed by atoms with Crippen molar-refractivity contribution in [2.24, 2.45) is 0 Å². The molecule has 15 heavy (non-hydrogen) atoms. The molecule has 0 bridgehead atoms. The second-order valence-corrected chi connectivity index (χ2v) is 3.37. The lowest BCUT2D eigenvalue weighted by Crippen LogP contribution is -2.25. The van der Waals surface area contributed by atoms with Crippen LogP contribution in [0.5, 0.6) is 5.75 Å². The van der Waals surface area contributed by atoms with Gasteiger partial charge in [-0.1, -0.05) is 0 Å². The molecule has 0 radical (unpaired) electrons. The van der Waals surface area contributed by atoms with Gasteiger partial charge in [0.15, 0.2) is 5.75 Å². The van der Waals surface area contributed by atoms with Crippen molar-refractivity contribution in [2.75, 3.05) is 5.32 Å². The van der Waals surface area contributed by atoms with Crippen molar-refractivity contribution >= 4 is 11.7 Å². The molecule has 1 aliphatic heterocycles. The molecule has 1 aliphatic rings. The summed E-state index contributed by atoms with van der Waals surface area (Å²) >= 11 is 0. The third-order valence-electron chi connectivity index (χ3n) is 2.18. The Morgan fingerprint density at radius 3 is 3.13 bits per heavy atom. The zero-order valence-electron chi connectivity index (χ0n) is 8.19. The lowest BCUT2D eigenvalue weighted by atomic mass is 10.2. The molecular weight excluding hydrogens is 198 g/mol. The van der Waals surface area contributed by atoms with Crippen molar-refractivity contribution in [3.05, 3.63) is 23.8 Å². The quantitative estimate of drug-likeness (QED) is 0.736. The van der Waals surface area contributed by atoms with Gasteiger partial charge in [0.25, 0.3) is 0 Å². The minimum Gasteiger partial charge on any atom is -0.480 e. The van der Waals surface area contributed by atoms with Crippen molar-refractivity contribution in [3.8, 4) is 5.75 Å². The number of benzene rings is 1. The summed E-state index contributed by atoms with van der Waals surface area (Å²) < 4.78 is 0. The van der Waals surface area contributed by atoms with Crippen molar-refractivity contribution in [3.63, 3.8) is 0 Å². The number of hydrogen-bond donors (Lipinski definition) is 2. The van der Waals surface area contributed by atoms with E-state index >= 15 is 0 Å². The van der Waals surface area contributed by atoms with Gasteiger partial charge in [-0.3, -0.25) is 4.79 Å². The molecule has 1 aromatic rings. The van der Waals surface area contributed by atoms with Crippen LogP contribution < -0.4 is 10.2 Å². The summed E-state index contributed by atoms with van der Waals surface area (Å²) in [6.45, 7) is 1.98.